The number of aliphatic hydroxyl groups excluding tert-OH is 1. The van der Waals surface area contributed by atoms with Crippen molar-refractivity contribution in [3.8, 4) is 5.88 Å². The zero-order chi connectivity index (χ0) is 16.2. The molecular weight excluding hydrogens is 376 g/mol. The number of aliphatic hydroxyl groups is 1. The van der Waals surface area contributed by atoms with Gasteiger partial charge >= 0.3 is 0 Å². The molecule has 4 nitrogen and oxygen atoms in total. The Hall–Kier alpha value is -1.50. The summed E-state index contributed by atoms with van der Waals surface area (Å²) in [4.78, 5) is 8.71. The second-order valence-corrected chi connectivity index (χ2v) is 7.26. The molecule has 0 aliphatic carbocycles. The molecule has 3 rings (SSSR count). The zero-order valence-corrected chi connectivity index (χ0v) is 15.1. The van der Waals surface area contributed by atoms with Crippen LogP contribution < -0.4 is 4.74 Å². The van der Waals surface area contributed by atoms with Crippen molar-refractivity contribution < 1.29 is 9.84 Å². The second-order valence-electron chi connectivity index (χ2n) is 5.28. The van der Waals surface area contributed by atoms with Crippen LogP contribution in [0.3, 0.4) is 0 Å². The Kier molecular flexibility index (Phi) is 5.25. The van der Waals surface area contributed by atoms with Gasteiger partial charge in [-0.1, -0.05) is 22.0 Å². The van der Waals surface area contributed by atoms with Crippen LogP contribution in [0.4, 0.5) is 0 Å². The number of hydrogen-bond acceptors (Lipinski definition) is 5. The van der Waals surface area contributed by atoms with Crippen molar-refractivity contribution in [1.82, 2.24) is 9.97 Å². The largest absolute Gasteiger partial charge is 0.481 e. The highest BCUT2D eigenvalue weighted by molar-refractivity contribution is 9.10. The van der Waals surface area contributed by atoms with Crippen molar-refractivity contribution in [2.24, 2.45) is 0 Å². The molecule has 0 radical (unpaired) electrons. The summed E-state index contributed by atoms with van der Waals surface area (Å²) in [6, 6.07) is 9.83. The quantitative estimate of drug-likeness (QED) is 0.669. The SMILES string of the molecule is COc1ccc(CCCC(O)c2nc3ccc(Br)cc3s2)cn1. The fraction of sp³-hybridized carbons (Fsp3) is 0.294. The molecule has 0 fully saturated rings. The maximum absolute atomic E-state index is 10.4. The minimum absolute atomic E-state index is 0.516. The lowest BCUT2D eigenvalue weighted by atomic mass is 10.1. The number of thiazole rings is 1. The van der Waals surface area contributed by atoms with E-state index < -0.39 is 6.10 Å². The van der Waals surface area contributed by atoms with E-state index in [1.807, 2.05) is 36.5 Å². The predicted molar refractivity (Wildman–Crippen MR) is 96.0 cm³/mol. The smallest absolute Gasteiger partial charge is 0.212 e. The van der Waals surface area contributed by atoms with Gasteiger partial charge in [0.1, 0.15) is 11.1 Å². The molecule has 0 bridgehead atoms. The maximum Gasteiger partial charge on any atom is 0.212 e. The maximum atomic E-state index is 10.4. The lowest BCUT2D eigenvalue weighted by Crippen LogP contribution is -1.98. The van der Waals surface area contributed by atoms with Crippen molar-refractivity contribution in [3.05, 3.63) is 51.6 Å². The van der Waals surface area contributed by atoms with E-state index >= 15 is 0 Å². The van der Waals surface area contributed by atoms with Crippen LogP contribution in [0.5, 0.6) is 5.88 Å². The van der Waals surface area contributed by atoms with E-state index in [1.165, 1.54) is 0 Å². The van der Waals surface area contributed by atoms with Crippen molar-refractivity contribution >= 4 is 37.5 Å². The van der Waals surface area contributed by atoms with E-state index in [1.54, 1.807) is 18.4 Å². The van der Waals surface area contributed by atoms with E-state index in [0.717, 1.165) is 38.1 Å². The van der Waals surface area contributed by atoms with Crippen LogP contribution in [-0.4, -0.2) is 22.2 Å². The summed E-state index contributed by atoms with van der Waals surface area (Å²) >= 11 is 5.01. The van der Waals surface area contributed by atoms with Crippen LogP contribution in [0.1, 0.15) is 29.5 Å². The number of nitrogens with zero attached hydrogens (tertiary/aromatic N) is 2. The Morgan fingerprint density at radius 3 is 2.91 bits per heavy atom. The third-order valence-corrected chi connectivity index (χ3v) is 5.21. The Morgan fingerprint density at radius 1 is 1.30 bits per heavy atom. The minimum Gasteiger partial charge on any atom is -0.481 e. The highest BCUT2D eigenvalue weighted by Gasteiger charge is 2.13. The summed E-state index contributed by atoms with van der Waals surface area (Å²) < 4.78 is 7.17. The number of aromatic nitrogens is 2. The van der Waals surface area contributed by atoms with Crippen LogP contribution in [-0.2, 0) is 6.42 Å². The number of rotatable bonds is 6. The van der Waals surface area contributed by atoms with E-state index in [4.69, 9.17) is 4.74 Å². The number of aryl methyl sites for hydroxylation is 1. The zero-order valence-electron chi connectivity index (χ0n) is 12.7. The molecule has 23 heavy (non-hydrogen) atoms. The van der Waals surface area contributed by atoms with Gasteiger partial charge < -0.3 is 9.84 Å². The van der Waals surface area contributed by atoms with Crippen molar-refractivity contribution in [1.29, 1.82) is 0 Å². The van der Waals surface area contributed by atoms with E-state index in [2.05, 4.69) is 25.9 Å². The number of fused-ring (bicyclic) bond motifs is 1. The standard InChI is InChI=1S/C17H17BrN2O2S/c1-22-16-8-5-11(10-19-16)3-2-4-14(21)17-20-13-7-6-12(18)9-15(13)23-17/h5-10,14,21H,2-4H2,1H3. The van der Waals surface area contributed by atoms with Gasteiger partial charge in [0, 0.05) is 16.7 Å². The molecule has 2 heterocycles. The Bertz CT molecular complexity index is 789. The molecule has 0 saturated heterocycles. The Balaban J connectivity index is 1.58. The van der Waals surface area contributed by atoms with Gasteiger partial charge in [-0.05, 0) is 43.0 Å². The number of pyridine rings is 1. The molecule has 1 N–H and O–H groups in total. The van der Waals surface area contributed by atoms with Gasteiger partial charge in [0.05, 0.1) is 17.3 Å². The Labute approximate surface area is 147 Å². The van der Waals surface area contributed by atoms with Crippen LogP contribution in [0.15, 0.2) is 41.0 Å². The number of benzene rings is 1. The molecule has 1 aromatic carbocycles. The lowest BCUT2D eigenvalue weighted by molar-refractivity contribution is 0.164. The lowest BCUT2D eigenvalue weighted by Gasteiger charge is -2.07. The topological polar surface area (TPSA) is 55.2 Å². The summed E-state index contributed by atoms with van der Waals surface area (Å²) in [6.07, 6.45) is 3.75. The predicted octanol–water partition coefficient (Wildman–Crippen LogP) is 4.52. The van der Waals surface area contributed by atoms with Gasteiger partial charge in [0.2, 0.25) is 5.88 Å². The van der Waals surface area contributed by atoms with Gasteiger partial charge in [0.15, 0.2) is 0 Å². The normalized spacial score (nSPS) is 12.5. The first kappa shape index (κ1) is 16.4. The average molecular weight is 393 g/mol. The summed E-state index contributed by atoms with van der Waals surface area (Å²) in [6.45, 7) is 0. The second kappa shape index (κ2) is 7.38. The minimum atomic E-state index is -0.516. The fourth-order valence-electron chi connectivity index (χ4n) is 2.36. The molecule has 0 saturated carbocycles. The summed E-state index contributed by atoms with van der Waals surface area (Å²) in [7, 11) is 1.61. The van der Waals surface area contributed by atoms with E-state index in [0.29, 0.717) is 12.3 Å². The molecule has 0 spiro atoms. The molecule has 3 aromatic rings. The van der Waals surface area contributed by atoms with Gasteiger partial charge in [0.25, 0.3) is 0 Å². The molecular formula is C17H17BrN2O2S. The highest BCUT2D eigenvalue weighted by Crippen LogP contribution is 2.30. The van der Waals surface area contributed by atoms with E-state index in [9.17, 15) is 5.11 Å². The number of hydrogen-bond donors (Lipinski definition) is 1. The van der Waals surface area contributed by atoms with Gasteiger partial charge in [-0.25, -0.2) is 9.97 Å². The molecule has 1 unspecified atom stereocenters. The summed E-state index contributed by atoms with van der Waals surface area (Å²) in [5.41, 5.74) is 2.08. The van der Waals surface area contributed by atoms with Crippen molar-refractivity contribution in [3.63, 3.8) is 0 Å². The third-order valence-electron chi connectivity index (χ3n) is 3.60. The van der Waals surface area contributed by atoms with Gasteiger partial charge in [-0.3, -0.25) is 0 Å². The van der Waals surface area contributed by atoms with Crippen LogP contribution in [0.25, 0.3) is 10.2 Å². The van der Waals surface area contributed by atoms with Crippen LogP contribution >= 0.6 is 27.3 Å². The highest BCUT2D eigenvalue weighted by atomic mass is 79.9. The van der Waals surface area contributed by atoms with Gasteiger partial charge in [-0.2, -0.15) is 0 Å². The molecule has 0 amide bonds. The molecule has 6 heteroatoms. The summed E-state index contributed by atoms with van der Waals surface area (Å²) in [5.74, 6) is 0.620. The molecule has 2 aromatic heterocycles. The van der Waals surface area contributed by atoms with Gasteiger partial charge in [-0.15, -0.1) is 11.3 Å². The van der Waals surface area contributed by atoms with Crippen LogP contribution in [0, 0.1) is 0 Å². The first-order valence-corrected chi connectivity index (χ1v) is 8.99. The number of halogens is 1. The molecule has 1 atom stereocenters. The molecule has 0 aliphatic rings. The first-order valence-electron chi connectivity index (χ1n) is 7.38. The van der Waals surface area contributed by atoms with Crippen molar-refractivity contribution in [2.75, 3.05) is 7.11 Å². The average Bonchev–Trinajstić information content (AvgIpc) is 2.98. The molecule has 120 valence electrons. The molecule has 0 aliphatic heterocycles. The third kappa shape index (κ3) is 4.07. The fourth-order valence-corrected chi connectivity index (χ4v) is 3.90. The van der Waals surface area contributed by atoms with E-state index in [-0.39, 0.29) is 0 Å². The van der Waals surface area contributed by atoms with Crippen LogP contribution in [0.2, 0.25) is 0 Å². The Morgan fingerprint density at radius 2 is 2.17 bits per heavy atom. The first-order chi connectivity index (χ1) is 11.2. The number of ether oxygens (including phenoxy) is 1. The van der Waals surface area contributed by atoms with Crippen molar-refractivity contribution in [2.45, 2.75) is 25.4 Å². The summed E-state index contributed by atoms with van der Waals surface area (Å²) in [5, 5.41) is 11.1. The number of methoxy groups -OCH3 is 1. The monoisotopic (exact) mass is 392 g/mol.